The summed E-state index contributed by atoms with van der Waals surface area (Å²) in [5.41, 5.74) is 0.792. The average Bonchev–Trinajstić information content (AvgIpc) is 3.00. The van der Waals surface area contributed by atoms with Gasteiger partial charge in [0.15, 0.2) is 5.75 Å². The lowest BCUT2D eigenvalue weighted by molar-refractivity contribution is -0.112. The van der Waals surface area contributed by atoms with E-state index in [1.54, 1.807) is 48.7 Å². The molecule has 3 aromatic carbocycles. The number of nitrogens with zero attached hydrogens (tertiary/aromatic N) is 3. The van der Waals surface area contributed by atoms with E-state index < -0.39 is 27.1 Å². The zero-order valence-electron chi connectivity index (χ0n) is 26.0. The number of rotatable bonds is 9. The van der Waals surface area contributed by atoms with Crippen molar-refractivity contribution in [2.24, 2.45) is 0 Å². The van der Waals surface area contributed by atoms with Gasteiger partial charge in [-0.15, -0.1) is 0 Å². The number of methoxy groups -OCH3 is 1. The molecule has 45 heavy (non-hydrogen) atoms. The quantitative estimate of drug-likeness (QED) is 0.170. The SMILES string of the molecule is COc1c(NC(=O)C(=O)c2ccc(Oc3ccnc(N4CCCCC4)n3)c3ccccc23)cc(C(C)(C)C)cc1NS(C)(=O)=O. The zero-order chi connectivity index (χ0) is 32.4. The van der Waals surface area contributed by atoms with Crippen molar-refractivity contribution in [1.82, 2.24) is 9.97 Å². The highest BCUT2D eigenvalue weighted by molar-refractivity contribution is 7.92. The van der Waals surface area contributed by atoms with Gasteiger partial charge >= 0.3 is 0 Å². The van der Waals surface area contributed by atoms with E-state index in [1.807, 2.05) is 32.9 Å². The molecular weight excluding hydrogens is 594 g/mol. The van der Waals surface area contributed by atoms with Gasteiger partial charge in [-0.05, 0) is 59.9 Å². The monoisotopic (exact) mass is 631 g/mol. The maximum atomic E-state index is 13.6. The summed E-state index contributed by atoms with van der Waals surface area (Å²) < 4.78 is 38.3. The topological polar surface area (TPSA) is 140 Å². The number of hydrogen-bond acceptors (Lipinski definition) is 9. The number of fused-ring (bicyclic) bond motifs is 1. The Morgan fingerprint density at radius 1 is 0.933 bits per heavy atom. The molecule has 0 unspecified atom stereocenters. The third kappa shape index (κ3) is 7.34. The number of carbonyl (C=O) groups excluding carboxylic acids is 2. The molecule has 236 valence electrons. The second-order valence-electron chi connectivity index (χ2n) is 12.0. The van der Waals surface area contributed by atoms with Crippen molar-refractivity contribution < 1.29 is 27.5 Å². The second-order valence-corrected chi connectivity index (χ2v) is 13.8. The van der Waals surface area contributed by atoms with Crippen molar-refractivity contribution in [3.8, 4) is 17.4 Å². The van der Waals surface area contributed by atoms with Crippen LogP contribution in [-0.2, 0) is 20.2 Å². The number of sulfonamides is 1. The molecule has 12 heteroatoms. The lowest BCUT2D eigenvalue weighted by atomic mass is 9.86. The number of carbonyl (C=O) groups is 2. The minimum absolute atomic E-state index is 0.0805. The van der Waals surface area contributed by atoms with Crippen LogP contribution in [0, 0.1) is 0 Å². The fourth-order valence-corrected chi connectivity index (χ4v) is 5.81. The van der Waals surface area contributed by atoms with Crippen LogP contribution >= 0.6 is 0 Å². The molecule has 4 aromatic rings. The minimum Gasteiger partial charge on any atom is -0.492 e. The predicted octanol–water partition coefficient (Wildman–Crippen LogP) is 5.91. The number of Topliss-reactive ketones (excluding diaryl/α,β-unsaturated/α-hetero) is 1. The van der Waals surface area contributed by atoms with E-state index in [0.29, 0.717) is 28.4 Å². The summed E-state index contributed by atoms with van der Waals surface area (Å²) in [6, 6.07) is 15.3. The van der Waals surface area contributed by atoms with Crippen molar-refractivity contribution in [3.63, 3.8) is 0 Å². The summed E-state index contributed by atoms with van der Waals surface area (Å²) in [5, 5.41) is 3.80. The molecule has 1 fully saturated rings. The van der Waals surface area contributed by atoms with Crippen molar-refractivity contribution in [3.05, 3.63) is 71.9 Å². The van der Waals surface area contributed by atoms with Gasteiger partial charge in [-0.25, -0.2) is 13.4 Å². The number of ether oxygens (including phenoxy) is 2. The molecule has 1 saturated heterocycles. The Labute approximate surface area is 263 Å². The van der Waals surface area contributed by atoms with Crippen LogP contribution in [0.15, 0.2) is 60.8 Å². The predicted molar refractivity (Wildman–Crippen MR) is 175 cm³/mol. The van der Waals surface area contributed by atoms with Gasteiger partial charge in [0.1, 0.15) is 5.75 Å². The van der Waals surface area contributed by atoms with Crippen molar-refractivity contribution in [1.29, 1.82) is 0 Å². The Kier molecular flexibility index (Phi) is 8.96. The minimum atomic E-state index is -3.67. The van der Waals surface area contributed by atoms with Crippen LogP contribution in [0.5, 0.6) is 17.4 Å². The highest BCUT2D eigenvalue weighted by Crippen LogP contribution is 2.39. The summed E-state index contributed by atoms with van der Waals surface area (Å²) in [5.74, 6) is -0.157. The van der Waals surface area contributed by atoms with Crippen molar-refractivity contribution >= 4 is 49.8 Å². The van der Waals surface area contributed by atoms with E-state index in [4.69, 9.17) is 9.47 Å². The van der Waals surface area contributed by atoms with Crippen LogP contribution in [0.3, 0.4) is 0 Å². The second kappa shape index (κ2) is 12.7. The number of anilines is 3. The van der Waals surface area contributed by atoms with Gasteiger partial charge in [0.05, 0.1) is 24.7 Å². The van der Waals surface area contributed by atoms with Crippen LogP contribution in [0.1, 0.15) is 56.0 Å². The van der Waals surface area contributed by atoms with Gasteiger partial charge < -0.3 is 19.7 Å². The van der Waals surface area contributed by atoms with Gasteiger partial charge in [0.25, 0.3) is 11.7 Å². The molecule has 0 aliphatic carbocycles. The van der Waals surface area contributed by atoms with E-state index in [2.05, 4.69) is 24.9 Å². The Bertz CT molecular complexity index is 1860. The summed E-state index contributed by atoms with van der Waals surface area (Å²) in [6.07, 6.45) is 6.07. The standard InChI is InChI=1S/C33H37N5O6S/c1-33(2,3)21-19-25(30(43-4)26(20-21)37-45(5,41)42)35-31(40)29(39)24-13-14-27(23-12-8-7-11-22(23)24)44-28-15-16-34-32(36-28)38-17-9-6-10-18-38/h7-8,11-16,19-20,37H,6,9-10,17-18H2,1-5H3,(H,35,40). The summed E-state index contributed by atoms with van der Waals surface area (Å²) >= 11 is 0. The van der Waals surface area contributed by atoms with E-state index in [9.17, 15) is 18.0 Å². The molecule has 1 aromatic heterocycles. The first kappa shape index (κ1) is 31.7. The molecule has 1 aliphatic heterocycles. The third-order valence-electron chi connectivity index (χ3n) is 7.51. The lowest BCUT2D eigenvalue weighted by Gasteiger charge is -2.26. The summed E-state index contributed by atoms with van der Waals surface area (Å²) in [4.78, 5) is 38.2. The molecule has 2 heterocycles. The number of amides is 1. The van der Waals surface area contributed by atoms with Crippen molar-refractivity contribution in [2.45, 2.75) is 45.4 Å². The molecular formula is C33H37N5O6S. The smallest absolute Gasteiger partial charge is 0.296 e. The highest BCUT2D eigenvalue weighted by atomic mass is 32.2. The van der Waals surface area contributed by atoms with E-state index in [-0.39, 0.29) is 22.7 Å². The number of nitrogens with one attached hydrogen (secondary N) is 2. The Hall–Kier alpha value is -4.71. The number of benzene rings is 3. The van der Waals surface area contributed by atoms with Gasteiger partial charge in [-0.1, -0.05) is 45.0 Å². The van der Waals surface area contributed by atoms with Gasteiger partial charge in [-0.3, -0.25) is 14.3 Å². The van der Waals surface area contributed by atoms with Crippen LogP contribution in [0.25, 0.3) is 10.8 Å². The number of ketones is 1. The van der Waals surface area contributed by atoms with E-state index in [1.165, 1.54) is 13.5 Å². The maximum absolute atomic E-state index is 13.6. The lowest BCUT2D eigenvalue weighted by Crippen LogP contribution is -2.30. The summed E-state index contributed by atoms with van der Waals surface area (Å²) in [6.45, 7) is 7.63. The first-order valence-electron chi connectivity index (χ1n) is 14.7. The highest BCUT2D eigenvalue weighted by Gasteiger charge is 2.26. The molecule has 1 aliphatic rings. The number of aromatic nitrogens is 2. The molecule has 5 rings (SSSR count). The molecule has 0 saturated carbocycles. The first-order chi connectivity index (χ1) is 21.3. The largest absolute Gasteiger partial charge is 0.492 e. The zero-order valence-corrected chi connectivity index (χ0v) is 26.8. The summed E-state index contributed by atoms with van der Waals surface area (Å²) in [7, 11) is -2.31. The fourth-order valence-electron chi connectivity index (χ4n) is 5.26. The average molecular weight is 632 g/mol. The first-order valence-corrected chi connectivity index (χ1v) is 16.6. The Balaban J connectivity index is 1.45. The van der Waals surface area contributed by atoms with Gasteiger partial charge in [-0.2, -0.15) is 4.98 Å². The van der Waals surface area contributed by atoms with Crippen LogP contribution in [-0.4, -0.2) is 56.5 Å². The Morgan fingerprint density at radius 2 is 1.62 bits per heavy atom. The number of piperidine rings is 1. The van der Waals surface area contributed by atoms with E-state index in [0.717, 1.165) is 37.8 Å². The molecule has 0 bridgehead atoms. The van der Waals surface area contributed by atoms with E-state index >= 15 is 0 Å². The molecule has 0 spiro atoms. The molecule has 1 amide bonds. The van der Waals surface area contributed by atoms with Gasteiger partial charge in [0, 0.05) is 36.3 Å². The fraction of sp³-hybridized carbons (Fsp3) is 0.333. The molecule has 0 radical (unpaired) electrons. The van der Waals surface area contributed by atoms with Gasteiger partial charge in [0.2, 0.25) is 21.9 Å². The Morgan fingerprint density at radius 3 is 2.29 bits per heavy atom. The van der Waals surface area contributed by atoms with Crippen LogP contribution < -0.4 is 24.4 Å². The number of hydrogen-bond donors (Lipinski definition) is 2. The maximum Gasteiger partial charge on any atom is 0.296 e. The molecule has 0 atom stereocenters. The van der Waals surface area contributed by atoms with Crippen molar-refractivity contribution in [2.75, 3.05) is 41.4 Å². The molecule has 11 nitrogen and oxygen atoms in total. The van der Waals surface area contributed by atoms with Crippen LogP contribution in [0.4, 0.5) is 17.3 Å². The molecule has 2 N–H and O–H groups in total. The third-order valence-corrected chi connectivity index (χ3v) is 8.10. The van der Waals surface area contributed by atoms with Crippen LogP contribution in [0.2, 0.25) is 0 Å². The normalized spacial score (nSPS) is 13.8.